The summed E-state index contributed by atoms with van der Waals surface area (Å²) in [6.07, 6.45) is 4.53. The smallest absolute Gasteiger partial charge is 0.358 e. The van der Waals surface area contributed by atoms with Crippen molar-refractivity contribution in [1.82, 2.24) is 0 Å². The molecule has 0 aliphatic carbocycles. The summed E-state index contributed by atoms with van der Waals surface area (Å²) in [5.41, 5.74) is 1.09. The zero-order valence-corrected chi connectivity index (χ0v) is 9.91. The van der Waals surface area contributed by atoms with Crippen LogP contribution >= 0.6 is 0 Å². The van der Waals surface area contributed by atoms with E-state index < -0.39 is 8.07 Å². The quantitative estimate of drug-likeness (QED) is 0.366. The third kappa shape index (κ3) is 3.83. The van der Waals surface area contributed by atoms with Gasteiger partial charge in [0.2, 0.25) is 0 Å². The second-order valence-electron chi connectivity index (χ2n) is 4.14. The molecule has 0 spiro atoms. The molecule has 0 N–H and O–H groups in total. The van der Waals surface area contributed by atoms with E-state index >= 15 is 0 Å². The fourth-order valence-electron chi connectivity index (χ4n) is 1.67. The van der Waals surface area contributed by atoms with Gasteiger partial charge in [-0.2, -0.15) is 0 Å². The first-order valence-electron chi connectivity index (χ1n) is 4.13. The molecule has 1 atom stereocenters. The molecule has 11 heavy (non-hydrogen) atoms. The molecule has 1 aliphatic heterocycles. The van der Waals surface area contributed by atoms with Crippen LogP contribution in [0.1, 0.15) is 26.2 Å². The fraction of sp³-hybridized carbons (Fsp3) is 0.889. The largest absolute Gasteiger partial charge is 1.00 e. The normalized spacial score (nSPS) is 28.1. The molecule has 0 amide bonds. The van der Waals surface area contributed by atoms with Gasteiger partial charge in [0.1, 0.15) is 0 Å². The minimum atomic E-state index is -0.694. The van der Waals surface area contributed by atoms with E-state index in [1.165, 1.54) is 19.3 Å². The molecular formula is C9H21LiSi. The van der Waals surface area contributed by atoms with Gasteiger partial charge >= 0.3 is 18.9 Å². The van der Waals surface area contributed by atoms with Gasteiger partial charge in [0.05, 0.1) is 8.07 Å². The maximum absolute atomic E-state index is 2.54. The summed E-state index contributed by atoms with van der Waals surface area (Å²) in [4.78, 5) is 0. The number of hydrogen-bond acceptors (Lipinski definition) is 0. The van der Waals surface area contributed by atoms with Crippen LogP contribution in [0.3, 0.4) is 0 Å². The summed E-state index contributed by atoms with van der Waals surface area (Å²) in [5.74, 6) is 0. The topological polar surface area (TPSA) is 0 Å². The number of hydrogen-bond donors (Lipinski definition) is 0. The van der Waals surface area contributed by atoms with Crippen LogP contribution in [0.25, 0.3) is 0 Å². The fourth-order valence-corrected chi connectivity index (χ4v) is 4.31. The van der Waals surface area contributed by atoms with E-state index in [1.807, 2.05) is 0 Å². The standard InChI is InChI=1S/C8H18Si.CH3.Li/c1-8-6-4-5-7-9(8,2)3;;/h8H,4-7H2,1-3H3;1H3;/q;-1;+1. The Morgan fingerprint density at radius 3 is 2.00 bits per heavy atom. The van der Waals surface area contributed by atoms with Gasteiger partial charge in [-0.1, -0.05) is 45.3 Å². The van der Waals surface area contributed by atoms with Crippen LogP contribution in [0.4, 0.5) is 0 Å². The zero-order valence-electron chi connectivity index (χ0n) is 8.91. The molecule has 0 saturated carbocycles. The first-order valence-corrected chi connectivity index (χ1v) is 7.41. The zero-order chi connectivity index (χ0) is 6.91. The van der Waals surface area contributed by atoms with Crippen LogP contribution < -0.4 is 18.9 Å². The molecule has 0 aromatic carbocycles. The minimum Gasteiger partial charge on any atom is -0.358 e. The molecule has 2 heteroatoms. The molecule has 0 nitrogen and oxygen atoms in total. The predicted octanol–water partition coefficient (Wildman–Crippen LogP) is 0.723. The molecule has 1 heterocycles. The van der Waals surface area contributed by atoms with Crippen molar-refractivity contribution >= 4 is 8.07 Å². The van der Waals surface area contributed by atoms with Crippen molar-refractivity contribution in [2.45, 2.75) is 50.9 Å². The van der Waals surface area contributed by atoms with Gasteiger partial charge in [-0.15, -0.1) is 0 Å². The van der Waals surface area contributed by atoms with E-state index in [9.17, 15) is 0 Å². The summed E-state index contributed by atoms with van der Waals surface area (Å²) in [6.45, 7) is 7.53. The van der Waals surface area contributed by atoms with Gasteiger partial charge in [0.25, 0.3) is 0 Å². The van der Waals surface area contributed by atoms with Gasteiger partial charge in [0.15, 0.2) is 0 Å². The molecule has 1 rings (SSSR count). The van der Waals surface area contributed by atoms with Crippen LogP contribution in [0, 0.1) is 7.43 Å². The molecule has 0 aromatic rings. The Hall–Kier alpha value is 0.814. The van der Waals surface area contributed by atoms with E-state index in [1.54, 1.807) is 6.04 Å². The molecule has 1 fully saturated rings. The second kappa shape index (κ2) is 5.46. The van der Waals surface area contributed by atoms with Crippen molar-refractivity contribution in [2.75, 3.05) is 0 Å². The van der Waals surface area contributed by atoms with Crippen LogP contribution in [-0.2, 0) is 0 Å². The molecular weight excluding hydrogens is 143 g/mol. The van der Waals surface area contributed by atoms with Crippen LogP contribution in [0.5, 0.6) is 0 Å². The average molecular weight is 164 g/mol. The Balaban J connectivity index is 0. The Kier molecular flexibility index (Phi) is 7.12. The van der Waals surface area contributed by atoms with Crippen molar-refractivity contribution in [3.8, 4) is 0 Å². The van der Waals surface area contributed by atoms with E-state index in [0.29, 0.717) is 0 Å². The summed E-state index contributed by atoms with van der Waals surface area (Å²) < 4.78 is 0. The van der Waals surface area contributed by atoms with Crippen molar-refractivity contribution in [3.63, 3.8) is 0 Å². The SMILES string of the molecule is CC1CCCC[Si]1(C)C.[CH3-].[Li+]. The Labute approximate surface area is 85.3 Å². The predicted molar refractivity (Wildman–Crippen MR) is 52.0 cm³/mol. The first kappa shape index (κ1) is 14.3. The third-order valence-corrected chi connectivity index (χ3v) is 7.64. The van der Waals surface area contributed by atoms with Gasteiger partial charge in [-0.3, -0.25) is 0 Å². The summed E-state index contributed by atoms with van der Waals surface area (Å²) in [6, 6.07) is 1.58. The first-order chi connectivity index (χ1) is 4.13. The Morgan fingerprint density at radius 2 is 1.73 bits per heavy atom. The van der Waals surface area contributed by atoms with Crippen molar-refractivity contribution in [2.24, 2.45) is 0 Å². The van der Waals surface area contributed by atoms with Crippen molar-refractivity contribution in [1.29, 1.82) is 0 Å². The number of rotatable bonds is 0. The summed E-state index contributed by atoms with van der Waals surface area (Å²) in [5, 5.41) is 0. The van der Waals surface area contributed by atoms with E-state index in [0.717, 1.165) is 5.54 Å². The monoisotopic (exact) mass is 164 g/mol. The van der Waals surface area contributed by atoms with E-state index in [4.69, 9.17) is 0 Å². The van der Waals surface area contributed by atoms with Crippen molar-refractivity contribution < 1.29 is 18.9 Å². The molecule has 62 valence electrons. The summed E-state index contributed by atoms with van der Waals surface area (Å²) in [7, 11) is -0.694. The van der Waals surface area contributed by atoms with Crippen LogP contribution in [-0.4, -0.2) is 8.07 Å². The van der Waals surface area contributed by atoms with Gasteiger partial charge in [-0.05, 0) is 5.54 Å². The third-order valence-electron chi connectivity index (χ3n) is 3.04. The summed E-state index contributed by atoms with van der Waals surface area (Å²) >= 11 is 0. The minimum absolute atomic E-state index is 0. The molecule has 1 aliphatic rings. The molecule has 1 unspecified atom stereocenters. The molecule has 0 aromatic heterocycles. The van der Waals surface area contributed by atoms with Crippen molar-refractivity contribution in [3.05, 3.63) is 7.43 Å². The van der Waals surface area contributed by atoms with Crippen LogP contribution in [0.2, 0.25) is 24.7 Å². The van der Waals surface area contributed by atoms with Gasteiger partial charge < -0.3 is 7.43 Å². The Bertz CT molecular complexity index is 102. The van der Waals surface area contributed by atoms with Crippen LogP contribution in [0.15, 0.2) is 0 Å². The van der Waals surface area contributed by atoms with E-state index in [2.05, 4.69) is 20.0 Å². The van der Waals surface area contributed by atoms with E-state index in [-0.39, 0.29) is 26.3 Å². The molecule has 0 radical (unpaired) electrons. The molecule has 0 bridgehead atoms. The average Bonchev–Trinajstić information content (AvgIpc) is 1.77. The Morgan fingerprint density at radius 1 is 1.18 bits per heavy atom. The van der Waals surface area contributed by atoms with Gasteiger partial charge in [-0.25, -0.2) is 0 Å². The van der Waals surface area contributed by atoms with Gasteiger partial charge in [0, 0.05) is 0 Å². The second-order valence-corrected chi connectivity index (χ2v) is 9.60. The molecule has 1 saturated heterocycles. The maximum Gasteiger partial charge on any atom is 1.00 e. The maximum atomic E-state index is 2.54.